The lowest BCUT2D eigenvalue weighted by Gasteiger charge is -2.32. The molecule has 134 valence electrons. The highest BCUT2D eigenvalue weighted by molar-refractivity contribution is 5.81. The Balaban J connectivity index is 1.60. The smallest absolute Gasteiger partial charge is 0.263 e. The summed E-state index contributed by atoms with van der Waals surface area (Å²) in [6.07, 6.45) is 1.29. The molecule has 0 N–H and O–H groups in total. The standard InChI is InChI=1S/C18H23N3O4/c1-12(24-16-8-6-15(23-3)7-9-16)18(22)21-10-4-5-14(11-21)17-19-13(2)20-25-17/h6-9,12,14H,4-5,10-11H2,1-3H3. The average molecular weight is 345 g/mol. The summed E-state index contributed by atoms with van der Waals surface area (Å²) in [7, 11) is 1.61. The molecule has 1 aromatic heterocycles. The first kappa shape index (κ1) is 17.3. The zero-order valence-electron chi connectivity index (χ0n) is 14.8. The lowest BCUT2D eigenvalue weighted by atomic mass is 9.97. The number of likely N-dealkylation sites (tertiary alicyclic amines) is 1. The predicted octanol–water partition coefficient (Wildman–Crippen LogP) is 2.56. The molecule has 25 heavy (non-hydrogen) atoms. The Morgan fingerprint density at radius 3 is 2.68 bits per heavy atom. The molecule has 2 heterocycles. The first-order chi connectivity index (χ1) is 12.1. The van der Waals surface area contributed by atoms with Gasteiger partial charge in [0.05, 0.1) is 13.0 Å². The minimum Gasteiger partial charge on any atom is -0.497 e. The van der Waals surface area contributed by atoms with Crippen molar-refractivity contribution in [1.82, 2.24) is 15.0 Å². The third-order valence-corrected chi connectivity index (χ3v) is 4.35. The van der Waals surface area contributed by atoms with Crippen LogP contribution in [-0.2, 0) is 4.79 Å². The van der Waals surface area contributed by atoms with Crippen LogP contribution in [0.5, 0.6) is 11.5 Å². The summed E-state index contributed by atoms with van der Waals surface area (Å²) in [5, 5.41) is 3.84. The molecule has 0 aliphatic carbocycles. The minimum atomic E-state index is -0.559. The Morgan fingerprint density at radius 1 is 1.32 bits per heavy atom. The van der Waals surface area contributed by atoms with E-state index in [4.69, 9.17) is 14.0 Å². The number of rotatable bonds is 5. The number of ether oxygens (including phenoxy) is 2. The van der Waals surface area contributed by atoms with Gasteiger partial charge in [0.1, 0.15) is 11.5 Å². The summed E-state index contributed by atoms with van der Waals surface area (Å²) in [6, 6.07) is 7.20. The molecule has 3 rings (SSSR count). The Kier molecular flexibility index (Phi) is 5.21. The van der Waals surface area contributed by atoms with Gasteiger partial charge in [-0.05, 0) is 51.0 Å². The number of nitrogens with zero attached hydrogens (tertiary/aromatic N) is 3. The highest BCUT2D eigenvalue weighted by Crippen LogP contribution is 2.26. The van der Waals surface area contributed by atoms with Crippen molar-refractivity contribution < 1.29 is 18.8 Å². The molecular formula is C18H23N3O4. The molecule has 1 aromatic carbocycles. The van der Waals surface area contributed by atoms with Gasteiger partial charge in [-0.1, -0.05) is 5.16 Å². The van der Waals surface area contributed by atoms with Crippen molar-refractivity contribution in [2.45, 2.75) is 38.7 Å². The fourth-order valence-corrected chi connectivity index (χ4v) is 3.02. The van der Waals surface area contributed by atoms with Crippen LogP contribution in [0.3, 0.4) is 0 Å². The summed E-state index contributed by atoms with van der Waals surface area (Å²) >= 11 is 0. The van der Waals surface area contributed by atoms with Crippen molar-refractivity contribution in [3.63, 3.8) is 0 Å². The second-order valence-electron chi connectivity index (χ2n) is 6.24. The van der Waals surface area contributed by atoms with Crippen LogP contribution in [0.1, 0.15) is 37.4 Å². The number of aromatic nitrogens is 2. The summed E-state index contributed by atoms with van der Waals surface area (Å²) in [6.45, 7) is 4.87. The molecule has 0 spiro atoms. The summed E-state index contributed by atoms with van der Waals surface area (Å²) in [5.74, 6) is 2.68. The molecule has 2 aromatic rings. The van der Waals surface area contributed by atoms with Crippen LogP contribution in [0.25, 0.3) is 0 Å². The molecule has 0 bridgehead atoms. The predicted molar refractivity (Wildman–Crippen MR) is 90.7 cm³/mol. The van der Waals surface area contributed by atoms with E-state index in [1.54, 1.807) is 45.2 Å². The van der Waals surface area contributed by atoms with E-state index >= 15 is 0 Å². The van der Waals surface area contributed by atoms with Crippen LogP contribution in [-0.4, -0.2) is 47.3 Å². The maximum Gasteiger partial charge on any atom is 0.263 e. The van der Waals surface area contributed by atoms with Crippen molar-refractivity contribution >= 4 is 5.91 Å². The monoisotopic (exact) mass is 345 g/mol. The molecule has 7 heteroatoms. The van der Waals surface area contributed by atoms with Crippen LogP contribution < -0.4 is 9.47 Å². The normalized spacial score (nSPS) is 18.7. The molecule has 2 unspecified atom stereocenters. The molecule has 2 atom stereocenters. The molecule has 7 nitrogen and oxygen atoms in total. The third kappa shape index (κ3) is 4.10. The quantitative estimate of drug-likeness (QED) is 0.829. The summed E-state index contributed by atoms with van der Waals surface area (Å²) < 4.78 is 16.2. The number of hydrogen-bond donors (Lipinski definition) is 0. The average Bonchev–Trinajstić information content (AvgIpc) is 3.08. The second-order valence-corrected chi connectivity index (χ2v) is 6.24. The van der Waals surface area contributed by atoms with Crippen LogP contribution in [0, 0.1) is 6.92 Å². The number of amides is 1. The van der Waals surface area contributed by atoms with Gasteiger partial charge in [0.25, 0.3) is 5.91 Å². The van der Waals surface area contributed by atoms with E-state index in [0.717, 1.165) is 25.1 Å². The molecule has 1 aliphatic heterocycles. The van der Waals surface area contributed by atoms with Gasteiger partial charge in [-0.3, -0.25) is 4.79 Å². The molecule has 1 fully saturated rings. The fourth-order valence-electron chi connectivity index (χ4n) is 3.02. The van der Waals surface area contributed by atoms with Gasteiger partial charge in [0.2, 0.25) is 5.89 Å². The number of methoxy groups -OCH3 is 1. The SMILES string of the molecule is COc1ccc(OC(C)C(=O)N2CCCC(c3nc(C)no3)C2)cc1. The number of carbonyl (C=O) groups is 1. The van der Waals surface area contributed by atoms with E-state index in [1.807, 2.05) is 4.90 Å². The van der Waals surface area contributed by atoms with E-state index in [0.29, 0.717) is 24.0 Å². The van der Waals surface area contributed by atoms with Crippen LogP contribution in [0.4, 0.5) is 0 Å². The van der Waals surface area contributed by atoms with Crippen LogP contribution in [0.2, 0.25) is 0 Å². The van der Waals surface area contributed by atoms with Crippen molar-refractivity contribution in [3.8, 4) is 11.5 Å². The van der Waals surface area contributed by atoms with E-state index < -0.39 is 6.10 Å². The Morgan fingerprint density at radius 2 is 2.04 bits per heavy atom. The number of carbonyl (C=O) groups excluding carboxylic acids is 1. The number of hydrogen-bond acceptors (Lipinski definition) is 6. The lowest BCUT2D eigenvalue weighted by molar-refractivity contribution is -0.139. The minimum absolute atomic E-state index is 0.0308. The summed E-state index contributed by atoms with van der Waals surface area (Å²) in [5.41, 5.74) is 0. The fraction of sp³-hybridized carbons (Fsp3) is 0.500. The van der Waals surface area contributed by atoms with Gasteiger partial charge in [-0.2, -0.15) is 4.98 Å². The highest BCUT2D eigenvalue weighted by atomic mass is 16.5. The molecule has 1 saturated heterocycles. The van der Waals surface area contributed by atoms with Crippen molar-refractivity contribution in [2.24, 2.45) is 0 Å². The third-order valence-electron chi connectivity index (χ3n) is 4.35. The first-order valence-electron chi connectivity index (χ1n) is 8.46. The topological polar surface area (TPSA) is 77.7 Å². The zero-order chi connectivity index (χ0) is 17.8. The maximum absolute atomic E-state index is 12.7. The van der Waals surface area contributed by atoms with Gasteiger partial charge in [-0.25, -0.2) is 0 Å². The van der Waals surface area contributed by atoms with Gasteiger partial charge in [-0.15, -0.1) is 0 Å². The van der Waals surface area contributed by atoms with Crippen LogP contribution in [0.15, 0.2) is 28.8 Å². The van der Waals surface area contributed by atoms with Crippen molar-refractivity contribution in [1.29, 1.82) is 0 Å². The van der Waals surface area contributed by atoms with E-state index in [9.17, 15) is 4.79 Å². The first-order valence-corrected chi connectivity index (χ1v) is 8.46. The molecule has 1 aliphatic rings. The van der Waals surface area contributed by atoms with Gasteiger partial charge in [0.15, 0.2) is 11.9 Å². The Bertz CT molecular complexity index is 713. The highest BCUT2D eigenvalue weighted by Gasteiger charge is 2.31. The molecule has 0 saturated carbocycles. The van der Waals surface area contributed by atoms with Crippen LogP contribution >= 0.6 is 0 Å². The summed E-state index contributed by atoms with van der Waals surface area (Å²) in [4.78, 5) is 18.8. The molecule has 0 radical (unpaired) electrons. The molecule has 1 amide bonds. The Labute approximate surface area is 146 Å². The van der Waals surface area contributed by atoms with E-state index in [2.05, 4.69) is 10.1 Å². The lowest BCUT2D eigenvalue weighted by Crippen LogP contribution is -2.45. The van der Waals surface area contributed by atoms with Crippen molar-refractivity contribution in [3.05, 3.63) is 36.0 Å². The van der Waals surface area contributed by atoms with Crippen molar-refractivity contribution in [2.75, 3.05) is 20.2 Å². The van der Waals surface area contributed by atoms with Gasteiger partial charge in [0, 0.05) is 13.1 Å². The Hall–Kier alpha value is -2.57. The number of piperidine rings is 1. The zero-order valence-corrected chi connectivity index (χ0v) is 14.8. The largest absolute Gasteiger partial charge is 0.497 e. The molecular weight excluding hydrogens is 322 g/mol. The van der Waals surface area contributed by atoms with Gasteiger partial charge < -0.3 is 18.9 Å². The van der Waals surface area contributed by atoms with Gasteiger partial charge >= 0.3 is 0 Å². The van der Waals surface area contributed by atoms with E-state index in [1.165, 1.54) is 0 Å². The maximum atomic E-state index is 12.7. The van der Waals surface area contributed by atoms with E-state index in [-0.39, 0.29) is 11.8 Å². The second kappa shape index (κ2) is 7.55. The number of benzene rings is 1. The number of aryl methyl sites for hydroxylation is 1.